The molecule has 2 aromatic carbocycles. The Hall–Kier alpha value is -2.43. The van der Waals surface area contributed by atoms with Gasteiger partial charge in [0, 0.05) is 5.56 Å². The van der Waals surface area contributed by atoms with Gasteiger partial charge in [-0.1, -0.05) is 0 Å². The molecule has 5 heteroatoms. The largest absolute Gasteiger partial charge is 0.495 e. The number of ketones is 1. The van der Waals surface area contributed by atoms with E-state index in [4.69, 9.17) is 10.5 Å². The minimum absolute atomic E-state index is 0.147. The van der Waals surface area contributed by atoms with Crippen molar-refractivity contribution in [2.75, 3.05) is 12.8 Å². The maximum Gasteiger partial charge on any atom is 0.196 e. The summed E-state index contributed by atoms with van der Waals surface area (Å²) in [5.41, 5.74) is 5.95. The average Bonchev–Trinajstić information content (AvgIpc) is 2.42. The first-order valence-electron chi connectivity index (χ1n) is 5.88. The lowest BCUT2D eigenvalue weighted by molar-refractivity contribution is 0.103. The van der Waals surface area contributed by atoms with Gasteiger partial charge >= 0.3 is 0 Å². The third-order valence-corrected chi connectivity index (χ3v) is 2.98. The van der Waals surface area contributed by atoms with Crippen LogP contribution in [0, 0.1) is 18.6 Å². The Morgan fingerprint density at radius 3 is 2.45 bits per heavy atom. The van der Waals surface area contributed by atoms with Gasteiger partial charge in [0.05, 0.1) is 18.4 Å². The molecule has 0 saturated heterocycles. The van der Waals surface area contributed by atoms with Crippen LogP contribution < -0.4 is 10.5 Å². The molecule has 0 aromatic heterocycles. The van der Waals surface area contributed by atoms with Gasteiger partial charge in [0.15, 0.2) is 5.78 Å². The van der Waals surface area contributed by atoms with Crippen LogP contribution in [0.2, 0.25) is 0 Å². The third-order valence-electron chi connectivity index (χ3n) is 2.98. The summed E-state index contributed by atoms with van der Waals surface area (Å²) in [6.45, 7) is 1.43. The van der Waals surface area contributed by atoms with Gasteiger partial charge in [-0.3, -0.25) is 4.79 Å². The molecule has 0 aliphatic carbocycles. The van der Waals surface area contributed by atoms with Crippen LogP contribution in [0.4, 0.5) is 14.5 Å². The number of methoxy groups -OCH3 is 1. The van der Waals surface area contributed by atoms with Crippen LogP contribution in [0.25, 0.3) is 0 Å². The fourth-order valence-corrected chi connectivity index (χ4v) is 1.85. The summed E-state index contributed by atoms with van der Waals surface area (Å²) in [6, 6.07) is 6.22. The Labute approximate surface area is 115 Å². The van der Waals surface area contributed by atoms with Gasteiger partial charge in [0.25, 0.3) is 0 Å². The Bertz CT molecular complexity index is 684. The summed E-state index contributed by atoms with van der Waals surface area (Å²) >= 11 is 0. The highest BCUT2D eigenvalue weighted by atomic mass is 19.1. The van der Waals surface area contributed by atoms with Gasteiger partial charge in [0.1, 0.15) is 17.4 Å². The highest BCUT2D eigenvalue weighted by Crippen LogP contribution is 2.24. The second-order valence-corrected chi connectivity index (χ2v) is 4.37. The van der Waals surface area contributed by atoms with Crippen LogP contribution in [-0.2, 0) is 0 Å². The monoisotopic (exact) mass is 277 g/mol. The number of ether oxygens (including phenoxy) is 1. The Morgan fingerprint density at radius 2 is 1.85 bits per heavy atom. The van der Waals surface area contributed by atoms with E-state index in [1.54, 1.807) is 0 Å². The molecule has 0 unspecified atom stereocenters. The number of anilines is 1. The summed E-state index contributed by atoms with van der Waals surface area (Å²) in [5.74, 6) is -1.60. The van der Waals surface area contributed by atoms with Crippen LogP contribution in [0.5, 0.6) is 5.75 Å². The van der Waals surface area contributed by atoms with E-state index in [1.807, 2.05) is 0 Å². The highest BCUT2D eigenvalue weighted by Gasteiger charge is 2.17. The number of halogens is 2. The Morgan fingerprint density at radius 1 is 1.15 bits per heavy atom. The minimum atomic E-state index is -0.761. The Kier molecular flexibility index (Phi) is 3.70. The van der Waals surface area contributed by atoms with Crippen molar-refractivity contribution in [3.05, 3.63) is 58.7 Å². The van der Waals surface area contributed by atoms with Crippen molar-refractivity contribution in [2.45, 2.75) is 6.92 Å². The molecule has 0 heterocycles. The lowest BCUT2D eigenvalue weighted by atomic mass is 10.0. The molecule has 0 bridgehead atoms. The molecular weight excluding hydrogens is 264 g/mol. The SMILES string of the molecule is COc1ccc(C(=O)c2cc(F)c(C)cc2F)cc1N. The van der Waals surface area contributed by atoms with Crippen molar-refractivity contribution in [1.82, 2.24) is 0 Å². The molecule has 2 aromatic rings. The van der Waals surface area contributed by atoms with E-state index in [-0.39, 0.29) is 22.4 Å². The standard InChI is InChI=1S/C15H13F2NO2/c1-8-5-12(17)10(7-11(8)16)15(19)9-3-4-14(20-2)13(18)6-9/h3-7H,18H2,1-2H3. The normalized spacial score (nSPS) is 10.4. The van der Waals surface area contributed by atoms with Gasteiger partial charge in [-0.2, -0.15) is 0 Å². The first kappa shape index (κ1) is 14.0. The molecule has 0 radical (unpaired) electrons. The number of hydrogen-bond donors (Lipinski definition) is 1. The van der Waals surface area contributed by atoms with Crippen LogP contribution in [0.15, 0.2) is 30.3 Å². The molecule has 104 valence electrons. The van der Waals surface area contributed by atoms with Crippen molar-refractivity contribution in [2.24, 2.45) is 0 Å². The minimum Gasteiger partial charge on any atom is -0.495 e. The molecular formula is C15H13F2NO2. The number of benzene rings is 2. The van der Waals surface area contributed by atoms with E-state index in [0.717, 1.165) is 12.1 Å². The molecule has 3 nitrogen and oxygen atoms in total. The zero-order chi connectivity index (χ0) is 14.9. The second kappa shape index (κ2) is 5.28. The first-order chi connectivity index (χ1) is 9.43. The van der Waals surface area contributed by atoms with Crippen molar-refractivity contribution in [3.63, 3.8) is 0 Å². The van der Waals surface area contributed by atoms with Gasteiger partial charge in [-0.15, -0.1) is 0 Å². The zero-order valence-corrected chi connectivity index (χ0v) is 11.0. The number of carbonyl (C=O) groups excluding carboxylic acids is 1. The summed E-state index contributed by atoms with van der Waals surface area (Å²) < 4.78 is 32.2. The van der Waals surface area contributed by atoms with E-state index in [9.17, 15) is 13.6 Å². The number of aryl methyl sites for hydroxylation is 1. The summed E-state index contributed by atoms with van der Waals surface area (Å²) in [4.78, 5) is 12.2. The molecule has 0 atom stereocenters. The number of rotatable bonds is 3. The smallest absolute Gasteiger partial charge is 0.196 e. The fraction of sp³-hybridized carbons (Fsp3) is 0.133. The summed E-state index contributed by atoms with van der Waals surface area (Å²) in [5, 5.41) is 0. The summed E-state index contributed by atoms with van der Waals surface area (Å²) in [7, 11) is 1.45. The van der Waals surface area contributed by atoms with Gasteiger partial charge in [0.2, 0.25) is 0 Å². The maximum atomic E-state index is 13.8. The van der Waals surface area contributed by atoms with Crippen molar-refractivity contribution in [3.8, 4) is 5.75 Å². The van der Waals surface area contributed by atoms with E-state index < -0.39 is 17.4 Å². The predicted molar refractivity (Wildman–Crippen MR) is 71.9 cm³/mol. The van der Waals surface area contributed by atoms with E-state index >= 15 is 0 Å². The highest BCUT2D eigenvalue weighted by molar-refractivity contribution is 6.09. The Balaban J connectivity index is 2.46. The topological polar surface area (TPSA) is 52.3 Å². The molecule has 0 fully saturated rings. The average molecular weight is 277 g/mol. The molecule has 2 N–H and O–H groups in total. The first-order valence-corrected chi connectivity index (χ1v) is 5.88. The number of carbonyl (C=O) groups is 1. The lowest BCUT2D eigenvalue weighted by Gasteiger charge is -2.08. The van der Waals surface area contributed by atoms with Crippen molar-refractivity contribution in [1.29, 1.82) is 0 Å². The van der Waals surface area contributed by atoms with Crippen molar-refractivity contribution >= 4 is 11.5 Å². The summed E-state index contributed by atoms with van der Waals surface area (Å²) in [6.07, 6.45) is 0. The molecule has 20 heavy (non-hydrogen) atoms. The van der Waals surface area contributed by atoms with Crippen LogP contribution >= 0.6 is 0 Å². The predicted octanol–water partition coefficient (Wildman–Crippen LogP) is 3.10. The lowest BCUT2D eigenvalue weighted by Crippen LogP contribution is -2.07. The fourth-order valence-electron chi connectivity index (χ4n) is 1.85. The van der Waals surface area contributed by atoms with Crippen molar-refractivity contribution < 1.29 is 18.3 Å². The maximum absolute atomic E-state index is 13.8. The molecule has 0 saturated carbocycles. The second-order valence-electron chi connectivity index (χ2n) is 4.37. The molecule has 0 aliphatic heterocycles. The van der Waals surface area contributed by atoms with E-state index in [0.29, 0.717) is 5.75 Å². The molecule has 2 rings (SSSR count). The van der Waals surface area contributed by atoms with Crippen LogP contribution in [-0.4, -0.2) is 12.9 Å². The molecule has 0 aliphatic rings. The quantitative estimate of drug-likeness (QED) is 0.693. The van der Waals surface area contributed by atoms with Gasteiger partial charge in [-0.25, -0.2) is 8.78 Å². The third kappa shape index (κ3) is 2.47. The molecule has 0 amide bonds. The van der Waals surface area contributed by atoms with Crippen LogP contribution in [0.3, 0.4) is 0 Å². The number of nitrogens with two attached hydrogens (primary N) is 1. The van der Waals surface area contributed by atoms with E-state index in [1.165, 1.54) is 32.2 Å². The zero-order valence-electron chi connectivity index (χ0n) is 11.0. The number of nitrogen functional groups attached to an aromatic ring is 1. The van der Waals surface area contributed by atoms with Gasteiger partial charge in [-0.05, 0) is 42.8 Å². The number of hydrogen-bond acceptors (Lipinski definition) is 3. The van der Waals surface area contributed by atoms with Crippen LogP contribution in [0.1, 0.15) is 21.5 Å². The van der Waals surface area contributed by atoms with Gasteiger partial charge < -0.3 is 10.5 Å². The van der Waals surface area contributed by atoms with E-state index in [2.05, 4.69) is 0 Å². The molecule has 0 spiro atoms.